The minimum atomic E-state index is 0.598. The number of para-hydroxylation sites is 1. The third-order valence-corrected chi connectivity index (χ3v) is 4.59. The molecule has 1 aromatic carbocycles. The molecular formula is C22H29N7. The molecular weight excluding hydrogens is 362 g/mol. The van der Waals surface area contributed by atoms with Crippen molar-refractivity contribution >= 4 is 11.8 Å². The second-order valence-electron chi connectivity index (χ2n) is 7.13. The lowest BCUT2D eigenvalue weighted by molar-refractivity contribution is 0.774. The van der Waals surface area contributed by atoms with Gasteiger partial charge < -0.3 is 15.5 Å². The summed E-state index contributed by atoms with van der Waals surface area (Å²) in [5.74, 6) is 1.66. The van der Waals surface area contributed by atoms with Crippen LogP contribution in [0.1, 0.15) is 22.6 Å². The number of hydrogen-bond acceptors (Lipinski definition) is 4. The van der Waals surface area contributed by atoms with E-state index >= 15 is 0 Å². The lowest BCUT2D eigenvalue weighted by atomic mass is 10.1. The highest BCUT2D eigenvalue weighted by Gasteiger charge is 2.09. The van der Waals surface area contributed by atoms with E-state index in [2.05, 4.69) is 50.8 Å². The predicted octanol–water partition coefficient (Wildman–Crippen LogP) is 2.82. The Bertz CT molecular complexity index is 988. The van der Waals surface area contributed by atoms with E-state index in [1.54, 1.807) is 7.05 Å². The first-order chi connectivity index (χ1) is 14.0. The number of pyridine rings is 1. The van der Waals surface area contributed by atoms with Crippen LogP contribution in [0.25, 0.3) is 5.69 Å². The summed E-state index contributed by atoms with van der Waals surface area (Å²) in [7, 11) is 5.74. The third-order valence-electron chi connectivity index (χ3n) is 4.59. The molecule has 7 heteroatoms. The monoisotopic (exact) mass is 391 g/mol. The number of aryl methyl sites for hydroxylation is 2. The molecule has 0 aliphatic heterocycles. The minimum absolute atomic E-state index is 0.598. The van der Waals surface area contributed by atoms with E-state index in [9.17, 15) is 0 Å². The largest absolute Gasteiger partial charge is 0.363 e. The molecule has 2 heterocycles. The van der Waals surface area contributed by atoms with Crippen LogP contribution in [0, 0.1) is 13.8 Å². The topological polar surface area (TPSA) is 70.4 Å². The van der Waals surface area contributed by atoms with E-state index in [0.29, 0.717) is 13.1 Å². The minimum Gasteiger partial charge on any atom is -0.363 e. The van der Waals surface area contributed by atoms with Crippen molar-refractivity contribution in [3.05, 3.63) is 71.2 Å². The zero-order valence-electron chi connectivity index (χ0n) is 17.8. The molecule has 3 rings (SSSR count). The van der Waals surface area contributed by atoms with E-state index in [1.165, 1.54) is 0 Å². The van der Waals surface area contributed by atoms with Gasteiger partial charge in [-0.2, -0.15) is 5.10 Å². The summed E-state index contributed by atoms with van der Waals surface area (Å²) in [6, 6.07) is 16.4. The van der Waals surface area contributed by atoms with Crippen molar-refractivity contribution in [1.29, 1.82) is 0 Å². The summed E-state index contributed by atoms with van der Waals surface area (Å²) < 4.78 is 1.99. The van der Waals surface area contributed by atoms with Gasteiger partial charge in [-0.15, -0.1) is 0 Å². The van der Waals surface area contributed by atoms with Crippen LogP contribution in [0.5, 0.6) is 0 Å². The van der Waals surface area contributed by atoms with E-state index < -0.39 is 0 Å². The lowest BCUT2D eigenvalue weighted by Gasteiger charge is -2.16. The third kappa shape index (κ3) is 5.13. The van der Waals surface area contributed by atoms with Crippen molar-refractivity contribution in [2.75, 3.05) is 26.0 Å². The van der Waals surface area contributed by atoms with Gasteiger partial charge in [0.2, 0.25) is 0 Å². The van der Waals surface area contributed by atoms with E-state index in [4.69, 9.17) is 0 Å². The fourth-order valence-electron chi connectivity index (χ4n) is 3.13. The van der Waals surface area contributed by atoms with Crippen molar-refractivity contribution in [2.24, 2.45) is 4.99 Å². The van der Waals surface area contributed by atoms with Gasteiger partial charge in [0.1, 0.15) is 5.82 Å². The number of anilines is 1. The number of rotatable bonds is 6. The molecule has 7 nitrogen and oxygen atoms in total. The Balaban J connectivity index is 1.66. The first-order valence-corrected chi connectivity index (χ1v) is 9.67. The highest BCUT2D eigenvalue weighted by atomic mass is 15.3. The molecule has 152 valence electrons. The van der Waals surface area contributed by atoms with Crippen molar-refractivity contribution in [3.8, 4) is 5.69 Å². The normalized spacial score (nSPS) is 11.4. The van der Waals surface area contributed by atoms with Crippen LogP contribution in [0.4, 0.5) is 5.82 Å². The maximum Gasteiger partial charge on any atom is 0.191 e. The molecule has 0 saturated carbocycles. The van der Waals surface area contributed by atoms with Gasteiger partial charge in [0, 0.05) is 33.4 Å². The van der Waals surface area contributed by atoms with Crippen LogP contribution in [-0.4, -0.2) is 41.9 Å². The zero-order chi connectivity index (χ0) is 20.8. The molecule has 0 fully saturated rings. The van der Waals surface area contributed by atoms with Gasteiger partial charge in [0.15, 0.2) is 5.96 Å². The lowest BCUT2D eigenvalue weighted by Crippen LogP contribution is -2.36. The number of benzene rings is 1. The smallest absolute Gasteiger partial charge is 0.191 e. The molecule has 0 saturated heterocycles. The van der Waals surface area contributed by atoms with Crippen molar-refractivity contribution in [3.63, 3.8) is 0 Å². The van der Waals surface area contributed by atoms with E-state index in [1.807, 2.05) is 60.9 Å². The Morgan fingerprint density at radius 2 is 1.79 bits per heavy atom. The van der Waals surface area contributed by atoms with Crippen molar-refractivity contribution in [1.82, 2.24) is 25.4 Å². The molecule has 2 aromatic heterocycles. The summed E-state index contributed by atoms with van der Waals surface area (Å²) in [5.41, 5.74) is 5.30. The molecule has 0 aliphatic rings. The Morgan fingerprint density at radius 1 is 1.03 bits per heavy atom. The van der Waals surface area contributed by atoms with Gasteiger partial charge in [-0.25, -0.2) is 9.67 Å². The van der Waals surface area contributed by atoms with Crippen LogP contribution in [0.3, 0.4) is 0 Å². The fraction of sp³-hybridized carbons (Fsp3) is 0.318. The molecule has 0 aliphatic carbocycles. The van der Waals surface area contributed by atoms with E-state index in [0.717, 1.165) is 40.1 Å². The van der Waals surface area contributed by atoms with Gasteiger partial charge in [-0.1, -0.05) is 24.3 Å². The van der Waals surface area contributed by atoms with Crippen LogP contribution < -0.4 is 15.5 Å². The maximum atomic E-state index is 4.63. The number of hydrogen-bond donors (Lipinski definition) is 2. The Morgan fingerprint density at radius 3 is 2.48 bits per heavy atom. The van der Waals surface area contributed by atoms with Crippen molar-refractivity contribution < 1.29 is 0 Å². The summed E-state index contributed by atoms with van der Waals surface area (Å²) in [6.45, 7) is 5.31. The Kier molecular flexibility index (Phi) is 6.49. The summed E-state index contributed by atoms with van der Waals surface area (Å²) in [4.78, 5) is 11.0. The van der Waals surface area contributed by atoms with Crippen LogP contribution in [0.2, 0.25) is 0 Å². The molecule has 2 N–H and O–H groups in total. The SMILES string of the molecule is CN=C(NCc1cccc(N(C)C)n1)NCc1ccccc1-n1nc(C)cc1C. The van der Waals surface area contributed by atoms with Crippen LogP contribution in [0.15, 0.2) is 53.5 Å². The second-order valence-corrected chi connectivity index (χ2v) is 7.13. The molecule has 29 heavy (non-hydrogen) atoms. The second kappa shape index (κ2) is 9.23. The number of aliphatic imine (C=N–C) groups is 1. The number of nitrogens with one attached hydrogen (secondary N) is 2. The highest BCUT2D eigenvalue weighted by Crippen LogP contribution is 2.17. The first kappa shape index (κ1) is 20.4. The average Bonchev–Trinajstić information content (AvgIpc) is 3.06. The summed E-state index contributed by atoms with van der Waals surface area (Å²) in [6.07, 6.45) is 0. The molecule has 0 bridgehead atoms. The Hall–Kier alpha value is -3.35. The van der Waals surface area contributed by atoms with E-state index in [-0.39, 0.29) is 0 Å². The molecule has 0 radical (unpaired) electrons. The van der Waals surface area contributed by atoms with Crippen LogP contribution in [-0.2, 0) is 13.1 Å². The summed E-state index contributed by atoms with van der Waals surface area (Å²) >= 11 is 0. The van der Waals surface area contributed by atoms with Gasteiger partial charge in [0.25, 0.3) is 0 Å². The first-order valence-electron chi connectivity index (χ1n) is 9.67. The van der Waals surface area contributed by atoms with Crippen LogP contribution >= 0.6 is 0 Å². The fourth-order valence-corrected chi connectivity index (χ4v) is 3.13. The Labute approximate surface area is 172 Å². The number of nitrogens with zero attached hydrogens (tertiary/aromatic N) is 5. The van der Waals surface area contributed by atoms with Gasteiger partial charge in [-0.3, -0.25) is 4.99 Å². The zero-order valence-corrected chi connectivity index (χ0v) is 17.8. The van der Waals surface area contributed by atoms with Crippen molar-refractivity contribution in [2.45, 2.75) is 26.9 Å². The predicted molar refractivity (Wildman–Crippen MR) is 119 cm³/mol. The highest BCUT2D eigenvalue weighted by molar-refractivity contribution is 5.79. The average molecular weight is 392 g/mol. The molecule has 3 aromatic rings. The quantitative estimate of drug-likeness (QED) is 0.499. The van der Waals surface area contributed by atoms with Gasteiger partial charge >= 0.3 is 0 Å². The molecule has 0 amide bonds. The number of aromatic nitrogens is 3. The van der Waals surface area contributed by atoms with Gasteiger partial charge in [-0.05, 0) is 43.7 Å². The standard InChI is InChI=1S/C22H29N7/c1-16-13-17(2)29(27-16)20-11-7-6-9-18(20)14-24-22(23-3)25-15-19-10-8-12-21(26-19)28(4)5/h6-13H,14-15H2,1-5H3,(H2,23,24,25). The molecule has 0 unspecified atom stereocenters. The summed E-state index contributed by atoms with van der Waals surface area (Å²) in [5, 5.41) is 11.3. The molecule has 0 atom stereocenters. The molecule has 0 spiro atoms. The maximum absolute atomic E-state index is 4.63. The number of guanidine groups is 1. The van der Waals surface area contributed by atoms with Gasteiger partial charge in [0.05, 0.1) is 23.6 Å².